The highest BCUT2D eigenvalue weighted by atomic mass is 16.5. The van der Waals surface area contributed by atoms with Gasteiger partial charge in [0.25, 0.3) is 0 Å². The van der Waals surface area contributed by atoms with Crippen LogP contribution >= 0.6 is 0 Å². The molecule has 0 atom stereocenters. The average molecular weight is 293 g/mol. The summed E-state index contributed by atoms with van der Waals surface area (Å²) in [5.74, 6) is -0.181. The number of ether oxygens (including phenoxy) is 2. The third-order valence-corrected chi connectivity index (χ3v) is 3.99. The van der Waals surface area contributed by atoms with E-state index >= 15 is 0 Å². The lowest BCUT2D eigenvalue weighted by Gasteiger charge is -2.26. The topological polar surface area (TPSA) is 59.0 Å². The van der Waals surface area contributed by atoms with Gasteiger partial charge < -0.3 is 14.6 Å². The van der Waals surface area contributed by atoms with Crippen molar-refractivity contribution in [2.75, 3.05) is 33.4 Å². The Bertz CT molecular complexity index is 550. The van der Waals surface area contributed by atoms with Crippen LogP contribution < -0.4 is 5.43 Å². The van der Waals surface area contributed by atoms with Gasteiger partial charge in [-0.15, -0.1) is 0 Å². The number of hydrogen-bond donors (Lipinski definition) is 1. The largest absolute Gasteiger partial charge is 0.504 e. The third-order valence-electron chi connectivity index (χ3n) is 3.99. The molecular weight excluding hydrogens is 270 g/mol. The van der Waals surface area contributed by atoms with Gasteiger partial charge in [0.05, 0.1) is 18.8 Å². The molecule has 1 heterocycles. The zero-order chi connectivity index (χ0) is 15.5. The summed E-state index contributed by atoms with van der Waals surface area (Å²) < 4.78 is 10.7. The smallest absolute Gasteiger partial charge is 0.220 e. The monoisotopic (exact) mass is 293 g/mol. The van der Waals surface area contributed by atoms with Crippen molar-refractivity contribution in [1.82, 2.24) is 4.90 Å². The Labute approximate surface area is 125 Å². The van der Waals surface area contributed by atoms with Crippen LogP contribution in [0.2, 0.25) is 0 Å². The fraction of sp³-hybridized carbons (Fsp3) is 0.562. The molecule has 116 valence electrons. The SMILES string of the molecule is COC(C)(C)c1ccc(CN2CCOCC2)c(O)c(=O)c1. The second-order valence-electron chi connectivity index (χ2n) is 5.77. The average Bonchev–Trinajstić information content (AvgIpc) is 2.62. The fourth-order valence-electron chi connectivity index (χ4n) is 2.31. The molecule has 0 amide bonds. The normalized spacial score (nSPS) is 16.9. The second-order valence-corrected chi connectivity index (χ2v) is 5.77. The maximum absolute atomic E-state index is 12.1. The van der Waals surface area contributed by atoms with Crippen molar-refractivity contribution in [2.24, 2.45) is 0 Å². The number of hydrogen-bond acceptors (Lipinski definition) is 5. The summed E-state index contributed by atoms with van der Waals surface area (Å²) in [4.78, 5) is 14.3. The van der Waals surface area contributed by atoms with Gasteiger partial charge in [-0.3, -0.25) is 9.69 Å². The first kappa shape index (κ1) is 15.9. The van der Waals surface area contributed by atoms with E-state index in [-0.39, 0.29) is 11.2 Å². The van der Waals surface area contributed by atoms with Crippen LogP contribution in [0, 0.1) is 0 Å². The molecule has 1 aromatic carbocycles. The number of nitrogens with zero attached hydrogens (tertiary/aromatic N) is 1. The third kappa shape index (κ3) is 3.81. The Morgan fingerprint density at radius 1 is 1.33 bits per heavy atom. The van der Waals surface area contributed by atoms with Crippen LogP contribution in [0.15, 0.2) is 23.0 Å². The summed E-state index contributed by atoms with van der Waals surface area (Å²) in [6.07, 6.45) is 0. The summed E-state index contributed by atoms with van der Waals surface area (Å²) in [5, 5.41) is 10.1. The highest BCUT2D eigenvalue weighted by molar-refractivity contribution is 5.35. The predicted octanol–water partition coefficient (Wildman–Crippen LogP) is 1.47. The molecule has 0 aliphatic carbocycles. The molecule has 0 aromatic heterocycles. The minimum Gasteiger partial charge on any atom is -0.504 e. The van der Waals surface area contributed by atoms with Crippen molar-refractivity contribution >= 4 is 0 Å². The molecule has 2 rings (SSSR count). The number of morpholine rings is 1. The lowest BCUT2D eigenvalue weighted by atomic mass is 10.00. The van der Waals surface area contributed by atoms with Crippen molar-refractivity contribution in [1.29, 1.82) is 0 Å². The van der Waals surface area contributed by atoms with Crippen LogP contribution in [0.3, 0.4) is 0 Å². The van der Waals surface area contributed by atoms with E-state index in [2.05, 4.69) is 4.90 Å². The van der Waals surface area contributed by atoms with Crippen LogP contribution in [0.1, 0.15) is 25.0 Å². The Morgan fingerprint density at radius 2 is 2.00 bits per heavy atom. The maximum atomic E-state index is 12.1. The lowest BCUT2D eigenvalue weighted by Crippen LogP contribution is -2.35. The number of methoxy groups -OCH3 is 1. The van der Waals surface area contributed by atoms with Crippen LogP contribution in [0.4, 0.5) is 0 Å². The van der Waals surface area contributed by atoms with Gasteiger partial charge in [0.1, 0.15) is 0 Å². The van der Waals surface area contributed by atoms with Gasteiger partial charge in [0.15, 0.2) is 5.75 Å². The van der Waals surface area contributed by atoms with E-state index in [1.165, 1.54) is 6.07 Å². The molecule has 1 fully saturated rings. The zero-order valence-electron chi connectivity index (χ0n) is 12.9. The second kappa shape index (κ2) is 6.56. The first-order valence-corrected chi connectivity index (χ1v) is 7.16. The van der Waals surface area contributed by atoms with Crippen LogP contribution in [-0.4, -0.2) is 43.4 Å². The van der Waals surface area contributed by atoms with Gasteiger partial charge in [0, 0.05) is 32.3 Å². The van der Waals surface area contributed by atoms with Crippen molar-refractivity contribution in [3.63, 3.8) is 0 Å². The Hall–Kier alpha value is -1.43. The molecule has 1 N–H and O–H groups in total. The molecule has 0 bridgehead atoms. The van der Waals surface area contributed by atoms with Crippen molar-refractivity contribution in [2.45, 2.75) is 26.0 Å². The Morgan fingerprint density at radius 3 is 2.62 bits per heavy atom. The maximum Gasteiger partial charge on any atom is 0.220 e. The molecule has 5 nitrogen and oxygen atoms in total. The van der Waals surface area contributed by atoms with Crippen LogP contribution in [0.5, 0.6) is 5.75 Å². The summed E-state index contributed by atoms with van der Waals surface area (Å²) in [5.41, 5.74) is 0.447. The molecule has 0 radical (unpaired) electrons. The van der Waals surface area contributed by atoms with Crippen molar-refractivity contribution in [3.8, 4) is 5.75 Å². The summed E-state index contributed by atoms with van der Waals surface area (Å²) in [7, 11) is 1.60. The van der Waals surface area contributed by atoms with E-state index < -0.39 is 5.60 Å². The highest BCUT2D eigenvalue weighted by Gasteiger charge is 2.21. The quantitative estimate of drug-likeness (QED) is 0.911. The van der Waals surface area contributed by atoms with Gasteiger partial charge in [-0.05, 0) is 25.5 Å². The van der Waals surface area contributed by atoms with E-state index in [1.807, 2.05) is 26.0 Å². The molecule has 1 aliphatic heterocycles. The standard InChI is InChI=1S/C16H23NO4/c1-16(2,20-3)13-5-4-12(15(19)14(18)10-13)11-17-6-8-21-9-7-17/h4-5,10H,6-9,11H2,1-3H3,(H,18,19). The summed E-state index contributed by atoms with van der Waals surface area (Å²) >= 11 is 0. The lowest BCUT2D eigenvalue weighted by molar-refractivity contribution is 0.0192. The molecule has 5 heteroatoms. The molecule has 0 spiro atoms. The number of rotatable bonds is 4. The van der Waals surface area contributed by atoms with Crippen molar-refractivity contribution < 1.29 is 14.6 Å². The molecule has 0 unspecified atom stereocenters. The van der Waals surface area contributed by atoms with E-state index in [0.717, 1.165) is 18.7 Å². The van der Waals surface area contributed by atoms with E-state index in [4.69, 9.17) is 9.47 Å². The van der Waals surface area contributed by atoms with Gasteiger partial charge in [0.2, 0.25) is 5.43 Å². The Kier molecular flexibility index (Phi) is 4.98. The highest BCUT2D eigenvalue weighted by Crippen LogP contribution is 2.24. The van der Waals surface area contributed by atoms with Gasteiger partial charge in [-0.2, -0.15) is 0 Å². The minimum atomic E-state index is -0.569. The van der Waals surface area contributed by atoms with Crippen LogP contribution in [0.25, 0.3) is 0 Å². The molecule has 1 aliphatic rings. The Balaban J connectivity index is 2.32. The first-order valence-electron chi connectivity index (χ1n) is 7.16. The minimum absolute atomic E-state index is 0.181. The van der Waals surface area contributed by atoms with Crippen LogP contribution in [-0.2, 0) is 21.6 Å². The summed E-state index contributed by atoms with van der Waals surface area (Å²) in [6, 6.07) is 5.10. The van der Waals surface area contributed by atoms with Gasteiger partial charge in [-0.1, -0.05) is 12.1 Å². The fourth-order valence-corrected chi connectivity index (χ4v) is 2.31. The molecule has 0 saturated carbocycles. The van der Waals surface area contributed by atoms with E-state index in [0.29, 0.717) is 25.3 Å². The predicted molar refractivity (Wildman–Crippen MR) is 80.5 cm³/mol. The van der Waals surface area contributed by atoms with E-state index in [1.54, 1.807) is 7.11 Å². The molecule has 21 heavy (non-hydrogen) atoms. The van der Waals surface area contributed by atoms with Gasteiger partial charge in [-0.25, -0.2) is 0 Å². The van der Waals surface area contributed by atoms with E-state index in [9.17, 15) is 9.90 Å². The summed E-state index contributed by atoms with van der Waals surface area (Å²) in [6.45, 7) is 7.32. The molecule has 1 aromatic rings. The first-order chi connectivity index (χ1) is 9.94. The van der Waals surface area contributed by atoms with Crippen molar-refractivity contribution in [3.05, 3.63) is 39.5 Å². The molecule has 1 saturated heterocycles. The zero-order valence-corrected chi connectivity index (χ0v) is 12.9. The molecular formula is C16H23NO4. The number of aromatic hydroxyl groups is 1. The van der Waals surface area contributed by atoms with Gasteiger partial charge >= 0.3 is 0 Å².